The summed E-state index contributed by atoms with van der Waals surface area (Å²) in [5, 5.41) is 0. The molecular formula is C11H24N2. The summed E-state index contributed by atoms with van der Waals surface area (Å²) in [6, 6.07) is 0.262. The summed E-state index contributed by atoms with van der Waals surface area (Å²) in [6.07, 6.45) is 0. The Morgan fingerprint density at radius 3 is 1.77 bits per heavy atom. The fraction of sp³-hybridized carbons (Fsp3) is 0.909. The average Bonchev–Trinajstić information content (AvgIpc) is 1.82. The third-order valence-electron chi connectivity index (χ3n) is 3.37. The maximum atomic E-state index is 5.58. The van der Waals surface area contributed by atoms with Gasteiger partial charge in [-0.15, -0.1) is 0 Å². The van der Waals surface area contributed by atoms with Gasteiger partial charge < -0.3 is 5.73 Å². The second kappa shape index (κ2) is 3.69. The standard InChI is InChI=1S/C11H24N2/c1-8(13-9(2)12)11(6,7)10(3,4)5/h8H,1-7H3,(H2,12,13). The monoisotopic (exact) mass is 184 g/mol. The first-order valence-electron chi connectivity index (χ1n) is 4.89. The quantitative estimate of drug-likeness (QED) is 0.520. The molecule has 2 nitrogen and oxygen atoms in total. The van der Waals surface area contributed by atoms with Gasteiger partial charge in [-0.2, -0.15) is 0 Å². The first-order valence-corrected chi connectivity index (χ1v) is 4.89. The van der Waals surface area contributed by atoms with Crippen molar-refractivity contribution in [1.82, 2.24) is 0 Å². The van der Waals surface area contributed by atoms with Crippen LogP contribution >= 0.6 is 0 Å². The highest BCUT2D eigenvalue weighted by Gasteiger charge is 2.37. The van der Waals surface area contributed by atoms with Crippen molar-refractivity contribution < 1.29 is 0 Å². The lowest BCUT2D eigenvalue weighted by molar-refractivity contribution is 0.105. The van der Waals surface area contributed by atoms with Crippen LogP contribution in [0.1, 0.15) is 48.5 Å². The van der Waals surface area contributed by atoms with E-state index in [-0.39, 0.29) is 16.9 Å². The molecule has 0 heterocycles. The molecule has 2 heteroatoms. The Balaban J connectivity index is 4.75. The van der Waals surface area contributed by atoms with Crippen molar-refractivity contribution in [3.63, 3.8) is 0 Å². The van der Waals surface area contributed by atoms with Crippen LogP contribution in [0, 0.1) is 10.8 Å². The van der Waals surface area contributed by atoms with Crippen molar-refractivity contribution in [3.8, 4) is 0 Å². The van der Waals surface area contributed by atoms with Crippen LogP contribution in [0.4, 0.5) is 0 Å². The van der Waals surface area contributed by atoms with Crippen LogP contribution in [0.5, 0.6) is 0 Å². The highest BCUT2D eigenvalue weighted by Crippen LogP contribution is 2.41. The normalized spacial score (nSPS) is 17.3. The molecule has 0 aliphatic heterocycles. The fourth-order valence-corrected chi connectivity index (χ4v) is 1.09. The van der Waals surface area contributed by atoms with Gasteiger partial charge in [-0.3, -0.25) is 4.99 Å². The van der Waals surface area contributed by atoms with Crippen LogP contribution in [0.25, 0.3) is 0 Å². The Bertz CT molecular complexity index is 193. The van der Waals surface area contributed by atoms with Crippen LogP contribution in [-0.2, 0) is 0 Å². The number of amidine groups is 1. The van der Waals surface area contributed by atoms with E-state index < -0.39 is 0 Å². The molecule has 0 aromatic heterocycles. The van der Waals surface area contributed by atoms with E-state index in [1.165, 1.54) is 0 Å². The van der Waals surface area contributed by atoms with Gasteiger partial charge in [0.15, 0.2) is 0 Å². The molecule has 1 unspecified atom stereocenters. The summed E-state index contributed by atoms with van der Waals surface area (Å²) in [6.45, 7) is 15.2. The van der Waals surface area contributed by atoms with Gasteiger partial charge in [-0.25, -0.2) is 0 Å². The predicted octanol–water partition coefficient (Wildman–Crippen LogP) is 2.82. The molecular weight excluding hydrogens is 160 g/mol. The molecule has 0 saturated heterocycles. The highest BCUT2D eigenvalue weighted by atomic mass is 14.9. The number of aliphatic imine (C=N–C) groups is 1. The molecule has 0 rings (SSSR count). The van der Waals surface area contributed by atoms with E-state index in [1.54, 1.807) is 0 Å². The largest absolute Gasteiger partial charge is 0.388 e. The third kappa shape index (κ3) is 3.02. The maximum absolute atomic E-state index is 5.58. The van der Waals surface area contributed by atoms with E-state index in [0.717, 1.165) is 0 Å². The van der Waals surface area contributed by atoms with E-state index in [2.05, 4.69) is 46.5 Å². The molecule has 0 radical (unpaired) electrons. The lowest BCUT2D eigenvalue weighted by Gasteiger charge is -2.42. The molecule has 0 aliphatic rings. The van der Waals surface area contributed by atoms with Gasteiger partial charge >= 0.3 is 0 Å². The van der Waals surface area contributed by atoms with Gasteiger partial charge in [-0.05, 0) is 24.7 Å². The maximum Gasteiger partial charge on any atom is 0.0909 e. The van der Waals surface area contributed by atoms with Crippen molar-refractivity contribution in [2.45, 2.75) is 54.5 Å². The molecule has 0 aromatic rings. The zero-order valence-electron chi connectivity index (χ0n) is 10.1. The molecule has 0 saturated carbocycles. The molecule has 13 heavy (non-hydrogen) atoms. The molecule has 2 N–H and O–H groups in total. The first-order chi connectivity index (χ1) is 5.59. The second-order valence-corrected chi connectivity index (χ2v) is 5.42. The summed E-state index contributed by atoms with van der Waals surface area (Å²) in [5.74, 6) is 0.671. The van der Waals surface area contributed by atoms with Crippen LogP contribution in [0.3, 0.4) is 0 Å². The molecule has 0 bridgehead atoms. The summed E-state index contributed by atoms with van der Waals surface area (Å²) in [7, 11) is 0. The smallest absolute Gasteiger partial charge is 0.0909 e. The van der Waals surface area contributed by atoms with Gasteiger partial charge in [-0.1, -0.05) is 34.6 Å². The topological polar surface area (TPSA) is 38.4 Å². The molecule has 0 aliphatic carbocycles. The van der Waals surface area contributed by atoms with Crippen molar-refractivity contribution in [2.75, 3.05) is 0 Å². The minimum Gasteiger partial charge on any atom is -0.388 e. The molecule has 0 amide bonds. The first kappa shape index (κ1) is 12.5. The van der Waals surface area contributed by atoms with Gasteiger partial charge in [0.05, 0.1) is 11.9 Å². The van der Waals surface area contributed by atoms with E-state index in [0.29, 0.717) is 5.84 Å². The van der Waals surface area contributed by atoms with Crippen molar-refractivity contribution >= 4 is 5.84 Å². The summed E-state index contributed by atoms with van der Waals surface area (Å²) in [5.41, 5.74) is 5.99. The zero-order chi connectivity index (χ0) is 10.9. The lowest BCUT2D eigenvalue weighted by atomic mass is 9.65. The molecule has 0 spiro atoms. The minimum absolute atomic E-state index is 0.160. The molecule has 78 valence electrons. The van der Waals surface area contributed by atoms with Crippen LogP contribution < -0.4 is 5.73 Å². The van der Waals surface area contributed by atoms with Crippen molar-refractivity contribution in [3.05, 3.63) is 0 Å². The zero-order valence-corrected chi connectivity index (χ0v) is 10.1. The van der Waals surface area contributed by atoms with Gasteiger partial charge in [0.25, 0.3) is 0 Å². The second-order valence-electron chi connectivity index (χ2n) is 5.42. The van der Waals surface area contributed by atoms with Gasteiger partial charge in [0, 0.05) is 0 Å². The Kier molecular flexibility index (Phi) is 3.54. The van der Waals surface area contributed by atoms with Crippen LogP contribution in [0.15, 0.2) is 4.99 Å². The number of hydrogen-bond acceptors (Lipinski definition) is 1. The Morgan fingerprint density at radius 1 is 1.15 bits per heavy atom. The van der Waals surface area contributed by atoms with E-state index in [9.17, 15) is 0 Å². The number of nitrogens with zero attached hydrogens (tertiary/aromatic N) is 1. The SMILES string of the molecule is CC(N)=NC(C)C(C)(C)C(C)(C)C. The number of nitrogens with two attached hydrogens (primary N) is 1. The number of rotatable bonds is 2. The van der Waals surface area contributed by atoms with Crippen LogP contribution in [-0.4, -0.2) is 11.9 Å². The van der Waals surface area contributed by atoms with E-state index in [1.807, 2.05) is 6.92 Å². The summed E-state index contributed by atoms with van der Waals surface area (Å²) < 4.78 is 0. The Labute approximate surface area is 82.6 Å². The van der Waals surface area contributed by atoms with Gasteiger partial charge in [0.2, 0.25) is 0 Å². The average molecular weight is 184 g/mol. The minimum atomic E-state index is 0.160. The molecule has 0 fully saturated rings. The summed E-state index contributed by atoms with van der Waals surface area (Å²) >= 11 is 0. The van der Waals surface area contributed by atoms with E-state index in [4.69, 9.17) is 5.73 Å². The Hall–Kier alpha value is -0.530. The van der Waals surface area contributed by atoms with Crippen molar-refractivity contribution in [1.29, 1.82) is 0 Å². The van der Waals surface area contributed by atoms with Crippen LogP contribution in [0.2, 0.25) is 0 Å². The number of hydrogen-bond donors (Lipinski definition) is 1. The predicted molar refractivity (Wildman–Crippen MR) is 60.0 cm³/mol. The summed E-state index contributed by atoms with van der Waals surface area (Å²) in [4.78, 5) is 4.41. The molecule has 0 aromatic carbocycles. The lowest BCUT2D eigenvalue weighted by Crippen LogP contribution is -2.39. The Morgan fingerprint density at radius 2 is 1.54 bits per heavy atom. The third-order valence-corrected chi connectivity index (χ3v) is 3.37. The molecule has 1 atom stereocenters. The fourth-order valence-electron chi connectivity index (χ4n) is 1.09. The van der Waals surface area contributed by atoms with Crippen molar-refractivity contribution in [2.24, 2.45) is 21.6 Å². The van der Waals surface area contributed by atoms with Gasteiger partial charge in [0.1, 0.15) is 0 Å². The van der Waals surface area contributed by atoms with E-state index >= 15 is 0 Å². The highest BCUT2D eigenvalue weighted by molar-refractivity contribution is 5.77.